The number of fused-ring (bicyclic) bond motifs is 7. The second-order valence-electron chi connectivity index (χ2n) is 14.5. The van der Waals surface area contributed by atoms with Crippen LogP contribution in [0, 0.1) is 0 Å². The lowest BCUT2D eigenvalue weighted by atomic mass is 9.96. The number of furan rings is 1. The molecule has 10 aromatic carbocycles. The number of hydrogen-bond acceptors (Lipinski definition) is 2. The van der Waals surface area contributed by atoms with E-state index in [0.717, 1.165) is 44.6 Å². The maximum absolute atomic E-state index is 6.23. The topological polar surface area (TPSA) is 16.4 Å². The van der Waals surface area contributed by atoms with E-state index in [2.05, 4.69) is 205 Å². The Kier molecular flexibility index (Phi) is 7.53. The smallest absolute Gasteiger partial charge is 0.136 e. The zero-order valence-corrected chi connectivity index (χ0v) is 30.6. The fraction of sp³-hybridized carbons (Fsp3) is 0. The van der Waals surface area contributed by atoms with E-state index in [9.17, 15) is 0 Å². The molecule has 1 aromatic heterocycles. The van der Waals surface area contributed by atoms with Gasteiger partial charge in [0.1, 0.15) is 11.2 Å². The quantitative estimate of drug-likeness (QED) is 0.160. The minimum Gasteiger partial charge on any atom is -0.456 e. The molecular formula is C54H35NO. The van der Waals surface area contributed by atoms with Crippen LogP contribution in [0.4, 0.5) is 17.1 Å². The van der Waals surface area contributed by atoms with Gasteiger partial charge in [0.2, 0.25) is 0 Å². The van der Waals surface area contributed by atoms with Gasteiger partial charge in [-0.3, -0.25) is 0 Å². The lowest BCUT2D eigenvalue weighted by molar-refractivity contribution is 0.669. The summed E-state index contributed by atoms with van der Waals surface area (Å²) in [4.78, 5) is 2.36. The molecule has 0 unspecified atom stereocenters. The first-order valence-electron chi connectivity index (χ1n) is 19.2. The monoisotopic (exact) mass is 713 g/mol. The number of rotatable bonds is 6. The number of nitrogens with zero attached hydrogens (tertiary/aromatic N) is 1. The van der Waals surface area contributed by atoms with Crippen molar-refractivity contribution in [3.05, 3.63) is 212 Å². The van der Waals surface area contributed by atoms with Crippen LogP contribution in [-0.2, 0) is 0 Å². The van der Waals surface area contributed by atoms with Crippen LogP contribution in [0.2, 0.25) is 0 Å². The molecule has 11 rings (SSSR count). The highest BCUT2D eigenvalue weighted by Crippen LogP contribution is 2.41. The van der Waals surface area contributed by atoms with Crippen molar-refractivity contribution in [1.29, 1.82) is 0 Å². The van der Waals surface area contributed by atoms with Gasteiger partial charge in [0, 0.05) is 27.8 Å². The molecule has 56 heavy (non-hydrogen) atoms. The van der Waals surface area contributed by atoms with Crippen LogP contribution in [0.15, 0.2) is 217 Å². The molecule has 0 N–H and O–H groups in total. The van der Waals surface area contributed by atoms with E-state index < -0.39 is 0 Å². The molecule has 0 saturated heterocycles. The van der Waals surface area contributed by atoms with E-state index in [1.807, 2.05) is 12.1 Å². The third-order valence-corrected chi connectivity index (χ3v) is 11.3. The lowest BCUT2D eigenvalue weighted by Gasteiger charge is -2.26. The molecule has 0 amide bonds. The van der Waals surface area contributed by atoms with E-state index in [1.165, 1.54) is 60.1 Å². The van der Waals surface area contributed by atoms with Gasteiger partial charge in [-0.25, -0.2) is 0 Å². The first-order chi connectivity index (χ1) is 27.7. The Morgan fingerprint density at radius 2 is 0.768 bits per heavy atom. The molecule has 0 spiro atoms. The van der Waals surface area contributed by atoms with E-state index in [-0.39, 0.29) is 0 Å². The molecule has 262 valence electrons. The van der Waals surface area contributed by atoms with Gasteiger partial charge in [-0.1, -0.05) is 164 Å². The fourth-order valence-corrected chi connectivity index (χ4v) is 8.51. The highest BCUT2D eigenvalue weighted by atomic mass is 16.3. The van der Waals surface area contributed by atoms with E-state index in [1.54, 1.807) is 0 Å². The summed E-state index contributed by atoms with van der Waals surface area (Å²) in [5.41, 5.74) is 12.3. The second-order valence-corrected chi connectivity index (χ2v) is 14.5. The van der Waals surface area contributed by atoms with E-state index in [0.29, 0.717) is 0 Å². The van der Waals surface area contributed by atoms with E-state index in [4.69, 9.17) is 4.42 Å². The zero-order valence-electron chi connectivity index (χ0n) is 30.6. The molecule has 0 aliphatic rings. The van der Waals surface area contributed by atoms with Gasteiger partial charge in [-0.05, 0) is 114 Å². The summed E-state index contributed by atoms with van der Waals surface area (Å²) in [7, 11) is 0. The predicted molar refractivity (Wildman–Crippen MR) is 237 cm³/mol. The van der Waals surface area contributed by atoms with Gasteiger partial charge in [-0.15, -0.1) is 0 Å². The Morgan fingerprint density at radius 3 is 1.54 bits per heavy atom. The molecule has 0 aliphatic heterocycles. The molecule has 0 atom stereocenters. The van der Waals surface area contributed by atoms with Crippen molar-refractivity contribution >= 4 is 71.3 Å². The van der Waals surface area contributed by atoms with Crippen molar-refractivity contribution in [3.63, 3.8) is 0 Å². The Hall–Kier alpha value is -7.42. The summed E-state index contributed by atoms with van der Waals surface area (Å²) in [5.74, 6) is 0. The number of anilines is 3. The number of para-hydroxylation sites is 1. The third-order valence-electron chi connectivity index (χ3n) is 11.3. The summed E-state index contributed by atoms with van der Waals surface area (Å²) >= 11 is 0. The zero-order chi connectivity index (χ0) is 37.0. The van der Waals surface area contributed by atoms with Crippen LogP contribution < -0.4 is 4.90 Å². The van der Waals surface area contributed by atoms with Crippen LogP contribution in [0.5, 0.6) is 0 Å². The number of hydrogen-bond donors (Lipinski definition) is 0. The van der Waals surface area contributed by atoms with E-state index >= 15 is 0 Å². The molecule has 0 radical (unpaired) electrons. The highest BCUT2D eigenvalue weighted by molar-refractivity contribution is 6.12. The summed E-state index contributed by atoms with van der Waals surface area (Å²) in [6, 6.07) is 76.5. The fourth-order valence-electron chi connectivity index (χ4n) is 8.51. The van der Waals surface area contributed by atoms with Gasteiger partial charge in [0.05, 0.1) is 0 Å². The molecule has 0 bridgehead atoms. The summed E-state index contributed by atoms with van der Waals surface area (Å²) in [6.07, 6.45) is 0. The van der Waals surface area contributed by atoms with Crippen LogP contribution in [0.3, 0.4) is 0 Å². The average molecular weight is 714 g/mol. The van der Waals surface area contributed by atoms with Crippen molar-refractivity contribution < 1.29 is 4.42 Å². The van der Waals surface area contributed by atoms with Gasteiger partial charge in [0.25, 0.3) is 0 Å². The minimum atomic E-state index is 0.904. The highest BCUT2D eigenvalue weighted by Gasteiger charge is 2.17. The average Bonchev–Trinajstić information content (AvgIpc) is 3.66. The van der Waals surface area contributed by atoms with Gasteiger partial charge in [-0.2, -0.15) is 0 Å². The SMILES string of the molecule is c1ccc2c(-c3ccc(-c4ccc(N(c5ccc(-c6cccc7oc8ccccc8c67)cc5)c5ccc6c(ccc7ccccc76)c5)cc4)cc3)cccc2c1. The maximum Gasteiger partial charge on any atom is 0.136 e. The lowest BCUT2D eigenvalue weighted by Crippen LogP contribution is -2.09. The second kappa shape index (κ2) is 13.2. The Morgan fingerprint density at radius 1 is 0.286 bits per heavy atom. The first kappa shape index (κ1) is 32.0. The molecule has 0 fully saturated rings. The van der Waals surface area contributed by atoms with Crippen LogP contribution in [-0.4, -0.2) is 0 Å². The van der Waals surface area contributed by atoms with Gasteiger partial charge < -0.3 is 9.32 Å². The Bertz CT molecular complexity index is 3220. The number of benzene rings is 10. The van der Waals surface area contributed by atoms with Gasteiger partial charge >= 0.3 is 0 Å². The largest absolute Gasteiger partial charge is 0.456 e. The molecular weight excluding hydrogens is 679 g/mol. The summed E-state index contributed by atoms with van der Waals surface area (Å²) in [5, 5.41) is 9.80. The van der Waals surface area contributed by atoms with Crippen LogP contribution in [0.25, 0.3) is 87.6 Å². The summed E-state index contributed by atoms with van der Waals surface area (Å²) in [6.45, 7) is 0. The standard InChI is InChI=1S/C54H35NO/c1-3-12-46-38(9-1)11-7-15-48(46)40-21-19-36(20-22-40)37-25-29-43(30-26-37)55(45-33-34-49-42(35-45)24-23-39-10-2-4-13-47(39)49)44-31-27-41(28-32-44)50-16-8-18-53-54(50)51-14-5-6-17-52(51)56-53/h1-35H. The van der Waals surface area contributed by atoms with Crippen molar-refractivity contribution in [1.82, 2.24) is 0 Å². The van der Waals surface area contributed by atoms with Crippen molar-refractivity contribution in [2.75, 3.05) is 4.90 Å². The molecule has 0 saturated carbocycles. The first-order valence-corrected chi connectivity index (χ1v) is 19.2. The third kappa shape index (κ3) is 5.42. The van der Waals surface area contributed by atoms with Crippen molar-refractivity contribution in [3.8, 4) is 33.4 Å². The van der Waals surface area contributed by atoms with Gasteiger partial charge in [0.15, 0.2) is 0 Å². The van der Waals surface area contributed by atoms with Crippen molar-refractivity contribution in [2.45, 2.75) is 0 Å². The summed E-state index contributed by atoms with van der Waals surface area (Å²) < 4.78 is 6.23. The molecule has 0 aliphatic carbocycles. The molecule has 11 aromatic rings. The normalized spacial score (nSPS) is 11.6. The maximum atomic E-state index is 6.23. The molecule has 2 heteroatoms. The molecule has 1 heterocycles. The van der Waals surface area contributed by atoms with Crippen LogP contribution >= 0.6 is 0 Å². The predicted octanol–water partition coefficient (Wildman–Crippen LogP) is 15.5. The van der Waals surface area contributed by atoms with Crippen molar-refractivity contribution in [2.24, 2.45) is 0 Å². The van der Waals surface area contributed by atoms with Crippen LogP contribution in [0.1, 0.15) is 0 Å². The Balaban J connectivity index is 0.983. The Labute approximate surface area is 325 Å². The molecule has 2 nitrogen and oxygen atoms in total. The minimum absolute atomic E-state index is 0.904.